The van der Waals surface area contributed by atoms with Crippen molar-refractivity contribution in [1.29, 1.82) is 0 Å². The maximum Gasteiger partial charge on any atom is 0.220 e. The van der Waals surface area contributed by atoms with Gasteiger partial charge in [0, 0.05) is 31.9 Å². The predicted octanol–water partition coefficient (Wildman–Crippen LogP) is 3.17. The van der Waals surface area contributed by atoms with Gasteiger partial charge in [-0.25, -0.2) is 4.98 Å². The third kappa shape index (κ3) is 7.36. The molecule has 5 nitrogen and oxygen atoms in total. The molecule has 1 amide bonds. The summed E-state index contributed by atoms with van der Waals surface area (Å²) < 4.78 is 2.04. The molecule has 144 valence electrons. The lowest BCUT2D eigenvalue weighted by Gasteiger charge is -2.22. The van der Waals surface area contributed by atoms with Gasteiger partial charge in [-0.1, -0.05) is 24.3 Å². The summed E-state index contributed by atoms with van der Waals surface area (Å²) in [5, 5.41) is 6.40. The van der Waals surface area contributed by atoms with E-state index in [-0.39, 0.29) is 30.7 Å². The van der Waals surface area contributed by atoms with Gasteiger partial charge in [0.15, 0.2) is 0 Å². The van der Waals surface area contributed by atoms with E-state index < -0.39 is 0 Å². The summed E-state index contributed by atoms with van der Waals surface area (Å²) in [5.41, 5.74) is 2.37. The van der Waals surface area contributed by atoms with Crippen LogP contribution in [0.1, 0.15) is 36.8 Å². The molecular weight excluding hydrogens is 371 g/mol. The zero-order valence-electron chi connectivity index (χ0n) is 14.9. The zero-order valence-corrected chi connectivity index (χ0v) is 16.5. The number of aromatic nitrogens is 2. The Kier molecular flexibility index (Phi) is 10.3. The minimum atomic E-state index is 0. The van der Waals surface area contributed by atoms with Crippen molar-refractivity contribution >= 4 is 30.7 Å². The third-order valence-corrected chi connectivity index (χ3v) is 4.68. The van der Waals surface area contributed by atoms with Gasteiger partial charge in [-0.15, -0.1) is 24.8 Å². The van der Waals surface area contributed by atoms with Crippen molar-refractivity contribution in [3.63, 3.8) is 0 Å². The lowest BCUT2D eigenvalue weighted by atomic mass is 9.93. The molecule has 1 aliphatic heterocycles. The Morgan fingerprint density at radius 2 is 1.85 bits per heavy atom. The van der Waals surface area contributed by atoms with Crippen LogP contribution in [0.25, 0.3) is 0 Å². The van der Waals surface area contributed by atoms with E-state index in [2.05, 4.69) is 39.9 Å². The Morgan fingerprint density at radius 1 is 1.15 bits per heavy atom. The Labute approximate surface area is 167 Å². The summed E-state index contributed by atoms with van der Waals surface area (Å²) in [6, 6.07) is 8.38. The molecule has 0 unspecified atom stereocenters. The first-order valence-electron chi connectivity index (χ1n) is 8.80. The van der Waals surface area contributed by atoms with Crippen molar-refractivity contribution in [3.8, 4) is 0 Å². The van der Waals surface area contributed by atoms with Gasteiger partial charge in [-0.2, -0.15) is 0 Å². The number of carbonyl (C=O) groups is 1. The number of halogens is 2. The van der Waals surface area contributed by atoms with Crippen LogP contribution in [-0.2, 0) is 17.9 Å². The van der Waals surface area contributed by atoms with Crippen molar-refractivity contribution < 1.29 is 4.79 Å². The van der Waals surface area contributed by atoms with Gasteiger partial charge >= 0.3 is 0 Å². The second-order valence-electron chi connectivity index (χ2n) is 6.56. The number of nitrogens with one attached hydrogen (secondary N) is 2. The quantitative estimate of drug-likeness (QED) is 0.752. The molecule has 1 aromatic carbocycles. The monoisotopic (exact) mass is 398 g/mol. The van der Waals surface area contributed by atoms with Crippen LogP contribution >= 0.6 is 24.8 Å². The van der Waals surface area contributed by atoms with E-state index >= 15 is 0 Å². The maximum atomic E-state index is 12.0. The van der Waals surface area contributed by atoms with Crippen LogP contribution in [0.4, 0.5) is 0 Å². The molecule has 0 radical (unpaired) electrons. The lowest BCUT2D eigenvalue weighted by Crippen LogP contribution is -2.29. The number of carbonyl (C=O) groups excluding carboxylic acids is 1. The fraction of sp³-hybridized carbons (Fsp3) is 0.474. The predicted molar refractivity (Wildman–Crippen MR) is 109 cm³/mol. The molecule has 1 fully saturated rings. The molecule has 2 N–H and O–H groups in total. The van der Waals surface area contributed by atoms with E-state index in [1.165, 1.54) is 18.4 Å². The van der Waals surface area contributed by atoms with Crippen molar-refractivity contribution in [2.45, 2.75) is 38.8 Å². The van der Waals surface area contributed by atoms with Crippen molar-refractivity contribution in [2.24, 2.45) is 5.92 Å². The van der Waals surface area contributed by atoms with Crippen molar-refractivity contribution in [3.05, 3.63) is 54.1 Å². The third-order valence-electron chi connectivity index (χ3n) is 4.68. The molecule has 0 aliphatic carbocycles. The van der Waals surface area contributed by atoms with Crippen LogP contribution in [0.3, 0.4) is 0 Å². The highest BCUT2D eigenvalue weighted by molar-refractivity contribution is 5.85. The van der Waals surface area contributed by atoms with E-state index in [0.29, 0.717) is 18.9 Å². The van der Waals surface area contributed by atoms with Crippen molar-refractivity contribution in [1.82, 2.24) is 20.2 Å². The molecule has 0 spiro atoms. The first-order chi connectivity index (χ1) is 11.8. The summed E-state index contributed by atoms with van der Waals surface area (Å²) in [6.45, 7) is 3.62. The van der Waals surface area contributed by atoms with Gasteiger partial charge in [0.2, 0.25) is 5.91 Å². The molecule has 0 bridgehead atoms. The number of rotatable bonds is 7. The smallest absolute Gasteiger partial charge is 0.220 e. The molecule has 26 heavy (non-hydrogen) atoms. The first-order valence-corrected chi connectivity index (χ1v) is 8.80. The van der Waals surface area contributed by atoms with E-state index in [4.69, 9.17) is 0 Å². The molecular formula is C19H28Cl2N4O. The fourth-order valence-electron chi connectivity index (χ4n) is 3.15. The summed E-state index contributed by atoms with van der Waals surface area (Å²) in [4.78, 5) is 16.0. The van der Waals surface area contributed by atoms with Crippen LogP contribution in [0.5, 0.6) is 0 Å². The lowest BCUT2D eigenvalue weighted by molar-refractivity contribution is -0.121. The largest absolute Gasteiger partial charge is 0.352 e. The maximum absolute atomic E-state index is 12.0. The van der Waals surface area contributed by atoms with E-state index in [1.54, 1.807) is 6.20 Å². The molecule has 1 aliphatic rings. The number of amides is 1. The summed E-state index contributed by atoms with van der Waals surface area (Å²) in [6.07, 6.45) is 9.61. The zero-order chi connectivity index (χ0) is 16.6. The van der Waals surface area contributed by atoms with Crippen LogP contribution in [0, 0.1) is 5.92 Å². The minimum absolute atomic E-state index is 0. The molecule has 0 saturated carbocycles. The van der Waals surface area contributed by atoms with Crippen molar-refractivity contribution in [2.75, 3.05) is 13.1 Å². The SMILES string of the molecule is Cl.Cl.O=C(CCC1CCNCC1)NCc1ccc(Cn2ccnc2)cc1. The van der Waals surface area contributed by atoms with Crippen LogP contribution in [0.15, 0.2) is 43.0 Å². The minimum Gasteiger partial charge on any atom is -0.352 e. The van der Waals surface area contributed by atoms with Crippen LogP contribution in [-0.4, -0.2) is 28.5 Å². The number of hydrogen-bond acceptors (Lipinski definition) is 3. The van der Waals surface area contributed by atoms with Gasteiger partial charge in [0.25, 0.3) is 0 Å². The van der Waals surface area contributed by atoms with Gasteiger partial charge in [0.1, 0.15) is 0 Å². The molecule has 2 heterocycles. The van der Waals surface area contributed by atoms with Gasteiger partial charge in [0.05, 0.1) is 6.33 Å². The second-order valence-corrected chi connectivity index (χ2v) is 6.56. The Morgan fingerprint density at radius 3 is 2.50 bits per heavy atom. The Bertz CT molecular complexity index is 625. The molecule has 0 atom stereocenters. The standard InChI is InChI=1S/C19H26N4O.2ClH/c24-19(6-5-16-7-9-20-10-8-16)22-13-17-1-3-18(4-2-17)14-23-12-11-21-15-23;;/h1-4,11-12,15-16,20H,5-10,13-14H2,(H,22,24);2*1H. The first kappa shape index (κ1) is 22.5. The second kappa shape index (κ2) is 11.9. The highest BCUT2D eigenvalue weighted by atomic mass is 35.5. The highest BCUT2D eigenvalue weighted by Gasteiger charge is 2.14. The fourth-order valence-corrected chi connectivity index (χ4v) is 3.15. The summed E-state index contributed by atoms with van der Waals surface area (Å²) >= 11 is 0. The number of hydrogen-bond donors (Lipinski definition) is 2. The molecule has 1 saturated heterocycles. The average Bonchev–Trinajstić information content (AvgIpc) is 3.13. The van der Waals surface area contributed by atoms with Crippen LogP contribution < -0.4 is 10.6 Å². The Balaban J connectivity index is 0.00000169. The van der Waals surface area contributed by atoms with Crippen LogP contribution in [0.2, 0.25) is 0 Å². The number of nitrogens with zero attached hydrogens (tertiary/aromatic N) is 2. The molecule has 7 heteroatoms. The molecule has 1 aromatic heterocycles. The number of benzene rings is 1. The summed E-state index contributed by atoms with van der Waals surface area (Å²) in [7, 11) is 0. The highest BCUT2D eigenvalue weighted by Crippen LogP contribution is 2.17. The molecule has 2 aromatic rings. The summed E-state index contributed by atoms with van der Waals surface area (Å²) in [5.74, 6) is 0.871. The number of piperidine rings is 1. The molecule has 3 rings (SSSR count). The number of imidazole rings is 1. The Hall–Kier alpha value is -1.56. The van der Waals surface area contributed by atoms with Gasteiger partial charge in [-0.3, -0.25) is 4.79 Å². The van der Waals surface area contributed by atoms with E-state index in [1.807, 2.05) is 17.1 Å². The topological polar surface area (TPSA) is 59.0 Å². The van der Waals surface area contributed by atoms with E-state index in [9.17, 15) is 4.79 Å². The average molecular weight is 399 g/mol. The van der Waals surface area contributed by atoms with Gasteiger partial charge in [-0.05, 0) is 49.4 Å². The van der Waals surface area contributed by atoms with E-state index in [0.717, 1.165) is 31.6 Å². The normalized spacial score (nSPS) is 14.2. The van der Waals surface area contributed by atoms with Gasteiger partial charge < -0.3 is 15.2 Å².